The third-order valence-electron chi connectivity index (χ3n) is 11.0. The van der Waals surface area contributed by atoms with E-state index in [2.05, 4.69) is 53.5 Å². The van der Waals surface area contributed by atoms with Crippen LogP contribution in [0.3, 0.4) is 0 Å². The van der Waals surface area contributed by atoms with E-state index in [9.17, 15) is 14.4 Å². The Morgan fingerprint density at radius 2 is 1.17 bits per heavy atom. The zero-order chi connectivity index (χ0) is 40.2. The summed E-state index contributed by atoms with van der Waals surface area (Å²) in [5, 5.41) is 1.92. The Morgan fingerprint density at radius 3 is 1.71 bits per heavy atom. The van der Waals surface area contributed by atoms with Crippen LogP contribution in [0.4, 0.5) is 0 Å². The van der Waals surface area contributed by atoms with Crippen LogP contribution in [0.5, 0.6) is 0 Å². The van der Waals surface area contributed by atoms with Crippen molar-refractivity contribution in [2.75, 3.05) is 13.1 Å². The van der Waals surface area contributed by atoms with Crippen molar-refractivity contribution in [3.63, 3.8) is 0 Å². The fourth-order valence-corrected chi connectivity index (χ4v) is 9.90. The van der Waals surface area contributed by atoms with Gasteiger partial charge in [0.1, 0.15) is 10.0 Å². The number of hydrogen-bond donors (Lipinski definition) is 0. The molecular formula is C48H47N5O3S2. The van der Waals surface area contributed by atoms with Crippen LogP contribution in [0.1, 0.15) is 85.6 Å². The lowest BCUT2D eigenvalue weighted by Gasteiger charge is -2.26. The highest BCUT2D eigenvalue weighted by molar-refractivity contribution is 7.15. The van der Waals surface area contributed by atoms with E-state index < -0.39 is 11.3 Å². The quantitative estimate of drug-likeness (QED) is 0.129. The molecule has 0 radical (unpaired) electrons. The average Bonchev–Trinajstić information content (AvgIpc) is 4.09. The van der Waals surface area contributed by atoms with E-state index in [-0.39, 0.29) is 29.8 Å². The molecule has 8 rings (SSSR count). The molecule has 10 heteroatoms. The minimum atomic E-state index is -0.654. The van der Waals surface area contributed by atoms with Gasteiger partial charge in [0, 0.05) is 37.1 Å². The highest BCUT2D eigenvalue weighted by atomic mass is 32.1. The van der Waals surface area contributed by atoms with E-state index >= 15 is 0 Å². The summed E-state index contributed by atoms with van der Waals surface area (Å²) in [6, 6.07) is 36.6. The first-order chi connectivity index (χ1) is 28.1. The molecule has 4 aromatic carbocycles. The molecule has 0 aliphatic carbocycles. The van der Waals surface area contributed by atoms with Crippen molar-refractivity contribution >= 4 is 46.6 Å². The van der Waals surface area contributed by atoms with Gasteiger partial charge < -0.3 is 9.80 Å². The van der Waals surface area contributed by atoms with Crippen molar-refractivity contribution in [3.8, 4) is 32.0 Å². The lowest BCUT2D eigenvalue weighted by molar-refractivity contribution is -0.132. The number of rotatable bonds is 10. The zero-order valence-corrected chi connectivity index (χ0v) is 34.7. The zero-order valence-electron chi connectivity index (χ0n) is 33.1. The Morgan fingerprint density at radius 1 is 0.690 bits per heavy atom. The largest absolute Gasteiger partial charge is 0.333 e. The highest BCUT2D eigenvalue weighted by Crippen LogP contribution is 2.40. The van der Waals surface area contributed by atoms with Gasteiger partial charge in [0.15, 0.2) is 0 Å². The maximum atomic E-state index is 14.2. The van der Waals surface area contributed by atoms with Crippen molar-refractivity contribution in [1.82, 2.24) is 19.8 Å². The molecule has 0 N–H and O–H groups in total. The van der Waals surface area contributed by atoms with E-state index in [1.54, 1.807) is 22.7 Å². The molecule has 2 aromatic heterocycles. The summed E-state index contributed by atoms with van der Waals surface area (Å²) in [5.41, 5.74) is 5.66. The molecule has 2 aliphatic heterocycles. The predicted molar refractivity (Wildman–Crippen MR) is 234 cm³/mol. The first kappa shape index (κ1) is 39.3. The Labute approximate surface area is 348 Å². The maximum Gasteiger partial charge on any atom is 0.250 e. The lowest BCUT2D eigenvalue weighted by Crippen LogP contribution is -2.35. The summed E-state index contributed by atoms with van der Waals surface area (Å²) in [6.07, 6.45) is 9.46. The number of carbonyl (C=O) groups excluding carboxylic acids is 3. The van der Waals surface area contributed by atoms with Crippen LogP contribution in [-0.2, 0) is 20.8 Å². The van der Waals surface area contributed by atoms with Crippen molar-refractivity contribution in [1.29, 1.82) is 0 Å². The third-order valence-corrected chi connectivity index (χ3v) is 13.3. The number of nitrogens with zero attached hydrogens (tertiary/aromatic N) is 5. The molecule has 0 bridgehead atoms. The first-order valence-electron chi connectivity index (χ1n) is 20.0. The number of aromatic nitrogens is 2. The predicted octanol–water partition coefficient (Wildman–Crippen LogP) is 10.6. The molecule has 2 aliphatic rings. The Hall–Kier alpha value is -5.58. The van der Waals surface area contributed by atoms with Gasteiger partial charge in [-0.3, -0.25) is 14.4 Å². The van der Waals surface area contributed by atoms with E-state index in [0.717, 1.165) is 85.4 Å². The molecule has 294 valence electrons. The smallest absolute Gasteiger partial charge is 0.250 e. The van der Waals surface area contributed by atoms with E-state index in [0.29, 0.717) is 13.0 Å². The van der Waals surface area contributed by atoms with Gasteiger partial charge in [-0.05, 0) is 59.1 Å². The fourth-order valence-electron chi connectivity index (χ4n) is 7.75. The van der Waals surface area contributed by atoms with Gasteiger partial charge in [0.25, 0.3) is 5.91 Å². The highest BCUT2D eigenvalue weighted by Gasteiger charge is 2.36. The molecule has 1 unspecified atom stereocenters. The molecule has 58 heavy (non-hydrogen) atoms. The number of likely N-dealkylation sites (tertiary alicyclic amines) is 2. The number of amides is 3. The molecule has 0 saturated carbocycles. The van der Waals surface area contributed by atoms with Gasteiger partial charge in [0.2, 0.25) is 11.8 Å². The molecular weight excluding hydrogens is 759 g/mol. The first-order valence-corrected chi connectivity index (χ1v) is 21.7. The Bertz CT molecular complexity index is 2400. The van der Waals surface area contributed by atoms with Gasteiger partial charge >= 0.3 is 0 Å². The van der Waals surface area contributed by atoms with Gasteiger partial charge in [-0.1, -0.05) is 130 Å². The molecule has 3 atom stereocenters. The number of aliphatic imine (C=N–C) groups is 1. The second-order valence-corrected chi connectivity index (χ2v) is 18.2. The topological polar surface area (TPSA) is 95.8 Å². The third kappa shape index (κ3) is 8.63. The van der Waals surface area contributed by atoms with Crippen LogP contribution >= 0.6 is 22.7 Å². The van der Waals surface area contributed by atoms with Crippen LogP contribution in [-0.4, -0.2) is 56.8 Å². The summed E-state index contributed by atoms with van der Waals surface area (Å²) in [6.45, 7) is 6.90. The Kier molecular flexibility index (Phi) is 11.6. The summed E-state index contributed by atoms with van der Waals surface area (Å²) >= 11 is 3.31. The van der Waals surface area contributed by atoms with Crippen LogP contribution in [0.15, 0.2) is 127 Å². The molecule has 8 nitrogen and oxygen atoms in total. The van der Waals surface area contributed by atoms with Gasteiger partial charge in [-0.15, -0.1) is 22.7 Å². The number of thiazole rings is 2. The number of hydrogen-bond acceptors (Lipinski definition) is 7. The van der Waals surface area contributed by atoms with Crippen LogP contribution in [0, 0.1) is 5.41 Å². The molecule has 2 fully saturated rings. The Balaban J connectivity index is 0.925. The average molecular weight is 806 g/mol. The summed E-state index contributed by atoms with van der Waals surface area (Å²) < 4.78 is 0. The van der Waals surface area contributed by atoms with Gasteiger partial charge in [-0.2, -0.15) is 0 Å². The molecule has 2 saturated heterocycles. The van der Waals surface area contributed by atoms with E-state index in [1.807, 2.05) is 104 Å². The SMILES string of the molecule is CC(C)(C)C(=O)/N=C/C(C(=O)N1CCC[C@H]1c1ncc(-c2ccc(-c3ccc(-c4cnc([C@@H]5CCCN5C(=O)Cc5ccccc5)s4)cc3)cc2)s1)c1ccccc1. The van der Waals surface area contributed by atoms with Crippen LogP contribution in [0.2, 0.25) is 0 Å². The van der Waals surface area contributed by atoms with Crippen molar-refractivity contribution in [2.45, 2.75) is 70.9 Å². The van der Waals surface area contributed by atoms with Crippen LogP contribution < -0.4 is 0 Å². The van der Waals surface area contributed by atoms with Crippen molar-refractivity contribution in [2.24, 2.45) is 10.4 Å². The number of benzene rings is 4. The van der Waals surface area contributed by atoms with Gasteiger partial charge in [0.05, 0.1) is 34.2 Å². The monoisotopic (exact) mass is 805 g/mol. The van der Waals surface area contributed by atoms with Crippen molar-refractivity contribution in [3.05, 3.63) is 143 Å². The molecule has 4 heterocycles. The molecule has 0 spiro atoms. The molecule has 6 aromatic rings. The summed E-state index contributed by atoms with van der Waals surface area (Å²) in [7, 11) is 0. The minimum absolute atomic E-state index is 0.0327. The van der Waals surface area contributed by atoms with Gasteiger partial charge in [-0.25, -0.2) is 15.0 Å². The standard InChI is InChI=1S/C48H47N5O3S2/c1-48(2,3)47(56)51-29-38(35-14-8-5-9-15-35)46(55)53-27-11-17-40(53)45-50-31-42(58-45)37-24-20-34(21-25-37)33-18-22-36(23-19-33)41-30-49-44(57-41)39-16-10-26-52(39)43(54)28-32-12-6-4-7-13-32/h4-9,12-15,18-25,29-31,38-40H,10-11,16-17,26-28H2,1-3H3/b51-29+/t38?,39-,40-/m0/s1. The normalized spacial score (nSPS) is 17.6. The molecule has 3 amide bonds. The van der Waals surface area contributed by atoms with E-state index in [1.165, 1.54) is 6.21 Å². The lowest BCUT2D eigenvalue weighted by atomic mass is 9.95. The summed E-state index contributed by atoms with van der Waals surface area (Å²) in [4.78, 5) is 60.1. The second-order valence-electron chi connectivity index (χ2n) is 16.1. The van der Waals surface area contributed by atoms with E-state index in [4.69, 9.17) is 9.97 Å². The van der Waals surface area contributed by atoms with Crippen molar-refractivity contribution < 1.29 is 14.4 Å². The fraction of sp³-hybridized carbons (Fsp3) is 0.292. The number of carbonyl (C=O) groups is 3. The minimum Gasteiger partial charge on any atom is -0.333 e. The second kappa shape index (κ2) is 17.1. The van der Waals surface area contributed by atoms with Crippen LogP contribution in [0.25, 0.3) is 32.0 Å². The summed E-state index contributed by atoms with van der Waals surface area (Å²) in [5.74, 6) is -0.805. The maximum absolute atomic E-state index is 14.2.